The number of nitrogens with zero attached hydrogens (tertiary/aromatic N) is 2. The van der Waals surface area contributed by atoms with Crippen molar-refractivity contribution in [2.24, 2.45) is 11.1 Å². The van der Waals surface area contributed by atoms with Crippen molar-refractivity contribution in [1.29, 1.82) is 0 Å². The normalized spacial score (nSPS) is 19.0. The van der Waals surface area contributed by atoms with Crippen molar-refractivity contribution >= 4 is 38.9 Å². The van der Waals surface area contributed by atoms with E-state index in [0.717, 1.165) is 6.07 Å². The summed E-state index contributed by atoms with van der Waals surface area (Å²) in [5, 5.41) is 15.7. The van der Waals surface area contributed by atoms with Crippen LogP contribution in [0.15, 0.2) is 18.2 Å². The van der Waals surface area contributed by atoms with E-state index < -0.39 is 20.9 Å². The summed E-state index contributed by atoms with van der Waals surface area (Å²) < 4.78 is 22.1. The van der Waals surface area contributed by atoms with Crippen molar-refractivity contribution < 1.29 is 18.1 Å². The van der Waals surface area contributed by atoms with E-state index in [9.17, 15) is 23.3 Å². The van der Waals surface area contributed by atoms with Crippen LogP contribution in [0, 0.1) is 16.0 Å². The number of sulfonamides is 1. The number of anilines is 1. The van der Waals surface area contributed by atoms with Crippen LogP contribution >= 0.6 is 11.6 Å². The number of non-ortho nitro benzene ring substituents is 1. The maximum absolute atomic E-state index is 11.9. The van der Waals surface area contributed by atoms with Gasteiger partial charge in [-0.05, 0) is 6.07 Å². The van der Waals surface area contributed by atoms with Crippen LogP contribution in [-0.2, 0) is 14.8 Å². The van der Waals surface area contributed by atoms with Gasteiger partial charge >= 0.3 is 0 Å². The highest BCUT2D eigenvalue weighted by Gasteiger charge is 2.34. The molecule has 2 rings (SSSR count). The zero-order valence-corrected chi connectivity index (χ0v) is 12.3. The predicted molar refractivity (Wildman–Crippen MR) is 76.5 cm³/mol. The van der Waals surface area contributed by atoms with E-state index in [-0.39, 0.29) is 35.3 Å². The Morgan fingerprint density at radius 1 is 1.48 bits per heavy atom. The number of carbonyl (C=O) groups excluding carboxylic acids is 1. The molecule has 1 atom stereocenters. The number of nitro benzene ring substituents is 1. The topological polar surface area (TPSA) is 124 Å². The Bertz CT molecular complexity index is 706. The molecule has 1 heterocycles. The van der Waals surface area contributed by atoms with Crippen LogP contribution < -0.4 is 10.0 Å². The molecule has 114 valence electrons. The van der Waals surface area contributed by atoms with Crippen molar-refractivity contribution in [3.63, 3.8) is 0 Å². The maximum Gasteiger partial charge on any atom is 0.271 e. The molecule has 1 amide bonds. The van der Waals surface area contributed by atoms with Crippen LogP contribution in [0.4, 0.5) is 11.4 Å². The van der Waals surface area contributed by atoms with E-state index in [0.29, 0.717) is 5.69 Å². The summed E-state index contributed by atoms with van der Waals surface area (Å²) in [5.74, 6) is -1.00. The van der Waals surface area contributed by atoms with Gasteiger partial charge in [-0.3, -0.25) is 14.9 Å². The van der Waals surface area contributed by atoms with Gasteiger partial charge in [0.05, 0.1) is 21.4 Å². The average Bonchev–Trinajstić information content (AvgIpc) is 2.67. The molecule has 1 aromatic rings. The first kappa shape index (κ1) is 15.7. The smallest absolute Gasteiger partial charge is 0.271 e. The Balaban J connectivity index is 2.23. The van der Waals surface area contributed by atoms with Crippen LogP contribution in [0.2, 0.25) is 5.02 Å². The van der Waals surface area contributed by atoms with Gasteiger partial charge in [0, 0.05) is 31.0 Å². The SMILES string of the molecule is NS(=O)(=O)CC1CC(=O)N(c2ccc([N+](=O)[O-])cc2Cl)C1. The molecule has 8 nitrogen and oxygen atoms in total. The van der Waals surface area contributed by atoms with E-state index in [2.05, 4.69) is 0 Å². The van der Waals surface area contributed by atoms with Gasteiger partial charge < -0.3 is 4.90 Å². The lowest BCUT2D eigenvalue weighted by Crippen LogP contribution is -2.27. The number of benzene rings is 1. The van der Waals surface area contributed by atoms with Gasteiger partial charge in [-0.2, -0.15) is 0 Å². The summed E-state index contributed by atoms with van der Waals surface area (Å²) >= 11 is 5.96. The number of halogens is 1. The lowest BCUT2D eigenvalue weighted by Gasteiger charge is -2.17. The third-order valence-corrected chi connectivity index (χ3v) is 4.34. The highest BCUT2D eigenvalue weighted by atomic mass is 35.5. The molecular weight excluding hydrogens is 322 g/mol. The fraction of sp³-hybridized carbons (Fsp3) is 0.364. The van der Waals surface area contributed by atoms with Gasteiger partial charge in [0.1, 0.15) is 0 Å². The van der Waals surface area contributed by atoms with Crippen molar-refractivity contribution in [2.45, 2.75) is 6.42 Å². The van der Waals surface area contributed by atoms with Crippen LogP contribution in [0.3, 0.4) is 0 Å². The second-order valence-electron chi connectivity index (χ2n) is 4.80. The van der Waals surface area contributed by atoms with Gasteiger partial charge in [0.25, 0.3) is 5.69 Å². The summed E-state index contributed by atoms with van der Waals surface area (Å²) in [7, 11) is -3.67. The zero-order chi connectivity index (χ0) is 15.8. The Morgan fingerprint density at radius 3 is 2.67 bits per heavy atom. The Kier molecular flexibility index (Phi) is 4.17. The van der Waals surface area contributed by atoms with Crippen molar-refractivity contribution in [3.8, 4) is 0 Å². The van der Waals surface area contributed by atoms with E-state index in [1.165, 1.54) is 17.0 Å². The van der Waals surface area contributed by atoms with Gasteiger partial charge in [0.15, 0.2) is 0 Å². The molecule has 1 saturated heterocycles. The van der Waals surface area contributed by atoms with Gasteiger partial charge in [-0.15, -0.1) is 0 Å². The number of primary sulfonamides is 1. The molecule has 1 aliphatic rings. The molecule has 0 spiro atoms. The zero-order valence-electron chi connectivity index (χ0n) is 10.7. The van der Waals surface area contributed by atoms with E-state index in [1.54, 1.807) is 0 Å². The molecule has 0 aromatic heterocycles. The minimum Gasteiger partial charge on any atom is -0.311 e. The van der Waals surface area contributed by atoms with Gasteiger partial charge in [-0.1, -0.05) is 11.6 Å². The second-order valence-corrected chi connectivity index (χ2v) is 6.86. The lowest BCUT2D eigenvalue weighted by molar-refractivity contribution is -0.384. The molecule has 1 aliphatic heterocycles. The van der Waals surface area contributed by atoms with Gasteiger partial charge in [0.2, 0.25) is 15.9 Å². The van der Waals surface area contributed by atoms with Crippen LogP contribution in [0.25, 0.3) is 0 Å². The second kappa shape index (κ2) is 5.58. The molecule has 0 radical (unpaired) electrons. The molecule has 1 aromatic carbocycles. The molecule has 0 bridgehead atoms. The largest absolute Gasteiger partial charge is 0.311 e. The first-order chi connectivity index (χ1) is 9.67. The predicted octanol–water partition coefficient (Wildman–Crippen LogP) is 0.890. The van der Waals surface area contributed by atoms with Gasteiger partial charge in [-0.25, -0.2) is 13.6 Å². The number of carbonyl (C=O) groups is 1. The monoisotopic (exact) mass is 333 g/mol. The van der Waals surface area contributed by atoms with Crippen molar-refractivity contribution in [1.82, 2.24) is 0 Å². The molecular formula is C11H12ClN3O5S. The van der Waals surface area contributed by atoms with E-state index >= 15 is 0 Å². The molecule has 10 heteroatoms. The number of hydrogen-bond donors (Lipinski definition) is 1. The number of amides is 1. The Morgan fingerprint density at radius 2 is 2.14 bits per heavy atom. The van der Waals surface area contributed by atoms with Crippen molar-refractivity contribution in [2.75, 3.05) is 17.2 Å². The quantitative estimate of drug-likeness (QED) is 0.647. The molecule has 21 heavy (non-hydrogen) atoms. The third-order valence-electron chi connectivity index (χ3n) is 3.11. The maximum atomic E-state index is 11.9. The van der Waals surface area contributed by atoms with Crippen LogP contribution in [-0.4, -0.2) is 31.5 Å². The molecule has 1 unspecified atom stereocenters. The molecule has 1 fully saturated rings. The minimum atomic E-state index is -3.67. The first-order valence-electron chi connectivity index (χ1n) is 5.92. The Labute approximate surface area is 125 Å². The highest BCUT2D eigenvalue weighted by molar-refractivity contribution is 7.89. The van der Waals surface area contributed by atoms with E-state index in [4.69, 9.17) is 16.7 Å². The minimum absolute atomic E-state index is 0.0454. The summed E-state index contributed by atoms with van der Waals surface area (Å²) in [5.41, 5.74) is 0.140. The number of rotatable bonds is 4. The fourth-order valence-corrected chi connectivity index (χ4v) is 3.44. The lowest BCUT2D eigenvalue weighted by atomic mass is 10.1. The number of nitrogens with two attached hydrogens (primary N) is 1. The van der Waals surface area contributed by atoms with Crippen molar-refractivity contribution in [3.05, 3.63) is 33.3 Å². The first-order valence-corrected chi connectivity index (χ1v) is 8.01. The van der Waals surface area contributed by atoms with Crippen LogP contribution in [0.5, 0.6) is 0 Å². The number of hydrogen-bond acceptors (Lipinski definition) is 5. The Hall–Kier alpha value is -1.71. The summed E-state index contributed by atoms with van der Waals surface area (Å²) in [6, 6.07) is 3.76. The summed E-state index contributed by atoms with van der Waals surface area (Å²) in [6.45, 7) is 0.160. The summed E-state index contributed by atoms with van der Waals surface area (Å²) in [4.78, 5) is 23.3. The standard InChI is InChI=1S/C11H12ClN3O5S/c12-9-4-8(15(17)18)1-2-10(9)14-5-7(3-11(14)16)6-21(13,19)20/h1-2,4,7H,3,5-6H2,(H2,13,19,20). The molecule has 0 saturated carbocycles. The fourth-order valence-electron chi connectivity index (χ4n) is 2.28. The summed E-state index contributed by atoms with van der Waals surface area (Å²) in [6.07, 6.45) is 0.0454. The number of nitro groups is 1. The highest BCUT2D eigenvalue weighted by Crippen LogP contribution is 2.33. The molecule has 2 N–H and O–H groups in total. The average molecular weight is 334 g/mol. The third kappa shape index (κ3) is 3.69. The van der Waals surface area contributed by atoms with E-state index in [1.807, 2.05) is 0 Å². The van der Waals surface area contributed by atoms with Crippen LogP contribution in [0.1, 0.15) is 6.42 Å². The molecule has 0 aliphatic carbocycles.